The van der Waals surface area contributed by atoms with Gasteiger partial charge in [-0.2, -0.15) is 0 Å². The van der Waals surface area contributed by atoms with Gasteiger partial charge in [-0.3, -0.25) is 0 Å². The van der Waals surface area contributed by atoms with E-state index in [2.05, 4.69) is 20.8 Å². The van der Waals surface area contributed by atoms with E-state index < -0.39 is 0 Å². The van der Waals surface area contributed by atoms with Crippen LogP contribution in [-0.2, 0) is 0 Å². The summed E-state index contributed by atoms with van der Waals surface area (Å²) in [4.78, 5) is 0. The Morgan fingerprint density at radius 1 is 1.38 bits per heavy atom. The molecule has 0 aromatic heterocycles. The van der Waals surface area contributed by atoms with E-state index in [9.17, 15) is 0 Å². The summed E-state index contributed by atoms with van der Waals surface area (Å²) >= 11 is 5.59. The molecule has 0 bridgehead atoms. The zero-order valence-electron chi connectivity index (χ0n) is 8.03. The maximum absolute atomic E-state index is 5.59. The molecule has 0 rings (SSSR count). The van der Waals surface area contributed by atoms with E-state index >= 15 is 0 Å². The summed E-state index contributed by atoms with van der Waals surface area (Å²) in [6.45, 7) is 6.17. The van der Waals surface area contributed by atoms with Crippen LogP contribution in [0.2, 0.25) is 0 Å². The van der Waals surface area contributed by atoms with E-state index in [1.165, 1.54) is 0 Å². The summed E-state index contributed by atoms with van der Waals surface area (Å²) in [6.07, 6.45) is 0. The zero-order valence-corrected chi connectivity index (χ0v) is 8.20. The first kappa shape index (κ1) is 11.8. The van der Waals surface area contributed by atoms with Gasteiger partial charge in [0.15, 0.2) is 0 Å². The largest absolute Gasteiger partial charge is 2.00 e. The fourth-order valence-electron chi connectivity index (χ4n) is 0. The maximum Gasteiger partial charge on any atom is 2.00 e. The van der Waals surface area contributed by atoms with Crippen molar-refractivity contribution in [2.45, 2.75) is 26.3 Å². The second-order valence-corrected chi connectivity index (χ2v) is 3.16. The van der Waals surface area contributed by atoms with Gasteiger partial charge in [-0.15, -0.1) is 0 Å². The average molecular weight is 148 g/mol. The van der Waals surface area contributed by atoms with Crippen LogP contribution in [0.25, 0.3) is 0 Å². The molecule has 0 amide bonds. The summed E-state index contributed by atoms with van der Waals surface area (Å²) < 4.78 is 1.66. The number of nitrogens with zero attached hydrogens (tertiary/aromatic N) is 1. The fraction of sp³-hybridized carbons (Fsp3) is 1.00. The topological polar surface area (TPSA) is 3.24 Å². The smallest absolute Gasteiger partial charge is 1.00 e. The molecule has 0 aromatic carbocycles. The quantitative estimate of drug-likeness (QED) is 0.373. The van der Waals surface area contributed by atoms with E-state index in [0.29, 0.717) is 0 Å². The minimum atomic E-state index is 0. The SMILES string of the molecule is CN(Cl)C(C)(C)C.[H-].[H-].[Mg+2]. The van der Waals surface area contributed by atoms with Crippen LogP contribution < -0.4 is 0 Å². The van der Waals surface area contributed by atoms with Crippen molar-refractivity contribution in [2.24, 2.45) is 0 Å². The summed E-state index contributed by atoms with van der Waals surface area (Å²) in [7, 11) is 1.85. The second-order valence-electron chi connectivity index (χ2n) is 2.65. The number of rotatable bonds is 0. The maximum atomic E-state index is 5.59. The molecular formula is C5H14ClMgN. The van der Waals surface area contributed by atoms with Crippen LogP contribution in [0.3, 0.4) is 0 Å². The summed E-state index contributed by atoms with van der Waals surface area (Å²) in [5, 5.41) is 0. The van der Waals surface area contributed by atoms with Crippen LogP contribution in [0, 0.1) is 0 Å². The van der Waals surface area contributed by atoms with Crippen LogP contribution in [-0.4, -0.2) is 40.1 Å². The van der Waals surface area contributed by atoms with Crippen molar-refractivity contribution in [3.8, 4) is 0 Å². The van der Waals surface area contributed by atoms with E-state index in [1.807, 2.05) is 7.05 Å². The van der Waals surface area contributed by atoms with Crippen molar-refractivity contribution in [1.29, 1.82) is 0 Å². The Labute approximate surface area is 75.6 Å². The van der Waals surface area contributed by atoms with Crippen molar-refractivity contribution < 1.29 is 2.85 Å². The summed E-state index contributed by atoms with van der Waals surface area (Å²) in [6, 6.07) is 0. The molecule has 0 aromatic rings. The van der Waals surface area contributed by atoms with E-state index in [4.69, 9.17) is 11.8 Å². The molecule has 3 heteroatoms. The van der Waals surface area contributed by atoms with E-state index in [-0.39, 0.29) is 31.4 Å². The number of hydrogen-bond acceptors (Lipinski definition) is 1. The van der Waals surface area contributed by atoms with Crippen LogP contribution in [0.15, 0.2) is 0 Å². The molecule has 0 saturated carbocycles. The van der Waals surface area contributed by atoms with Gasteiger partial charge in [-0.25, -0.2) is 4.42 Å². The molecule has 0 unspecified atom stereocenters. The van der Waals surface area contributed by atoms with Gasteiger partial charge in [0, 0.05) is 12.6 Å². The first-order valence-corrected chi connectivity index (χ1v) is 2.68. The van der Waals surface area contributed by atoms with E-state index in [0.717, 1.165) is 0 Å². The fourth-order valence-corrected chi connectivity index (χ4v) is 0. The van der Waals surface area contributed by atoms with Gasteiger partial charge in [0.05, 0.1) is 0 Å². The molecule has 0 fully saturated rings. The molecule has 0 aliphatic rings. The molecule has 0 N–H and O–H groups in total. The Bertz CT molecular complexity index is 65.2. The minimum absolute atomic E-state index is 0. The van der Waals surface area contributed by atoms with Crippen LogP contribution in [0.5, 0.6) is 0 Å². The molecule has 0 heterocycles. The van der Waals surface area contributed by atoms with E-state index in [1.54, 1.807) is 4.42 Å². The molecule has 0 spiro atoms. The van der Waals surface area contributed by atoms with Gasteiger partial charge >= 0.3 is 23.1 Å². The third kappa shape index (κ3) is 5.16. The first-order chi connectivity index (χ1) is 2.94. The molecule has 0 saturated heterocycles. The van der Waals surface area contributed by atoms with Gasteiger partial charge in [0.25, 0.3) is 0 Å². The Morgan fingerprint density at radius 3 is 1.50 bits per heavy atom. The normalized spacial score (nSPS) is 11.2. The Balaban J connectivity index is -0.0000000600. The van der Waals surface area contributed by atoms with Crippen LogP contribution >= 0.6 is 11.8 Å². The minimum Gasteiger partial charge on any atom is -1.00 e. The monoisotopic (exact) mass is 147 g/mol. The second kappa shape index (κ2) is 3.93. The van der Waals surface area contributed by atoms with Crippen molar-refractivity contribution >= 4 is 34.8 Å². The number of hydrogen-bond donors (Lipinski definition) is 0. The molecule has 0 aliphatic carbocycles. The van der Waals surface area contributed by atoms with Gasteiger partial charge < -0.3 is 2.85 Å². The average Bonchev–Trinajstić information content (AvgIpc) is 1.31. The van der Waals surface area contributed by atoms with Gasteiger partial charge in [-0.1, -0.05) is 0 Å². The summed E-state index contributed by atoms with van der Waals surface area (Å²) in [5.74, 6) is 0. The van der Waals surface area contributed by atoms with Crippen molar-refractivity contribution in [3.63, 3.8) is 0 Å². The van der Waals surface area contributed by atoms with Crippen LogP contribution in [0.4, 0.5) is 0 Å². The molecule has 1 nitrogen and oxygen atoms in total. The zero-order chi connectivity index (χ0) is 6.08. The van der Waals surface area contributed by atoms with Crippen molar-refractivity contribution in [2.75, 3.05) is 7.05 Å². The molecule has 0 aliphatic heterocycles. The van der Waals surface area contributed by atoms with Crippen molar-refractivity contribution in [3.05, 3.63) is 0 Å². The van der Waals surface area contributed by atoms with Gasteiger partial charge in [0.1, 0.15) is 0 Å². The first-order valence-electron chi connectivity index (χ1n) is 2.34. The van der Waals surface area contributed by atoms with Crippen molar-refractivity contribution in [1.82, 2.24) is 4.42 Å². The van der Waals surface area contributed by atoms with Crippen LogP contribution in [0.1, 0.15) is 23.6 Å². The Morgan fingerprint density at radius 2 is 1.50 bits per heavy atom. The third-order valence-electron chi connectivity index (χ3n) is 0.924. The predicted molar refractivity (Wildman–Crippen MR) is 41.3 cm³/mol. The molecule has 0 radical (unpaired) electrons. The molecular weight excluding hydrogens is 134 g/mol. The number of halogens is 1. The van der Waals surface area contributed by atoms with Gasteiger partial charge in [-0.05, 0) is 32.5 Å². The third-order valence-corrected chi connectivity index (χ3v) is 1.43. The molecule has 0 atom stereocenters. The van der Waals surface area contributed by atoms with Gasteiger partial charge in [0.2, 0.25) is 0 Å². The molecule has 8 heavy (non-hydrogen) atoms. The molecule has 48 valence electrons. The summed E-state index contributed by atoms with van der Waals surface area (Å²) in [5.41, 5.74) is 0.0988. The Hall–Kier alpha value is 1.02. The predicted octanol–water partition coefficient (Wildman–Crippen LogP) is 1.71. The Kier molecular flexibility index (Phi) is 5.79. The standard InChI is InChI=1S/C5H12ClN.Mg.2H/c1-5(2,3)7(4)6;;;/h1-4H3;;;/q;+2;2*-1.